The topological polar surface area (TPSA) is 39.1 Å². The normalized spacial score (nSPS) is 10.8. The molecule has 2 aromatic rings. The highest BCUT2D eigenvalue weighted by Crippen LogP contribution is 2.23. The molecular weight excluding hydrogens is 318 g/mol. The summed E-state index contributed by atoms with van der Waals surface area (Å²) in [4.78, 5) is 4.31. The third-order valence-electron chi connectivity index (χ3n) is 3.09. The fourth-order valence-corrected chi connectivity index (χ4v) is 2.34. The van der Waals surface area contributed by atoms with Gasteiger partial charge in [-0.15, -0.1) is 0 Å². The Morgan fingerprint density at radius 3 is 2.95 bits per heavy atom. The SMILES string of the molecule is CCNCc1cc(OCc2nccn2CC)ccc1Br. The lowest BCUT2D eigenvalue weighted by atomic mass is 10.2. The molecule has 0 saturated carbocycles. The predicted molar refractivity (Wildman–Crippen MR) is 83.8 cm³/mol. The van der Waals surface area contributed by atoms with Crippen LogP contribution in [-0.4, -0.2) is 16.1 Å². The third-order valence-corrected chi connectivity index (χ3v) is 3.87. The number of nitrogens with one attached hydrogen (secondary N) is 1. The van der Waals surface area contributed by atoms with Crippen LogP contribution in [0.5, 0.6) is 5.75 Å². The lowest BCUT2D eigenvalue weighted by molar-refractivity contribution is 0.289. The third kappa shape index (κ3) is 3.84. The highest BCUT2D eigenvalue weighted by Gasteiger charge is 2.05. The monoisotopic (exact) mass is 337 g/mol. The first-order valence-electron chi connectivity index (χ1n) is 6.86. The highest BCUT2D eigenvalue weighted by atomic mass is 79.9. The molecule has 20 heavy (non-hydrogen) atoms. The molecule has 0 radical (unpaired) electrons. The molecule has 0 fully saturated rings. The second-order valence-corrected chi connectivity index (χ2v) is 5.31. The average Bonchev–Trinajstić information content (AvgIpc) is 2.92. The van der Waals surface area contributed by atoms with Gasteiger partial charge in [-0.2, -0.15) is 0 Å². The summed E-state index contributed by atoms with van der Waals surface area (Å²) in [5, 5.41) is 3.32. The van der Waals surface area contributed by atoms with Gasteiger partial charge in [0.15, 0.2) is 0 Å². The Morgan fingerprint density at radius 1 is 1.35 bits per heavy atom. The number of hydrogen-bond donors (Lipinski definition) is 1. The van der Waals surface area contributed by atoms with Gasteiger partial charge in [-0.1, -0.05) is 22.9 Å². The minimum atomic E-state index is 0.489. The number of halogens is 1. The summed E-state index contributed by atoms with van der Waals surface area (Å²) < 4.78 is 9.02. The maximum Gasteiger partial charge on any atom is 0.146 e. The molecule has 0 aliphatic heterocycles. The molecule has 0 amide bonds. The molecule has 0 spiro atoms. The summed E-state index contributed by atoms with van der Waals surface area (Å²) in [5.41, 5.74) is 1.20. The van der Waals surface area contributed by atoms with Crippen LogP contribution in [0, 0.1) is 0 Å². The molecule has 0 bridgehead atoms. The standard InChI is InChI=1S/C15H20BrN3O/c1-3-17-10-12-9-13(5-6-14(12)16)20-11-15-18-7-8-19(15)4-2/h5-9,17H,3-4,10-11H2,1-2H3. The van der Waals surface area contributed by atoms with Gasteiger partial charge in [-0.25, -0.2) is 4.98 Å². The van der Waals surface area contributed by atoms with Crippen molar-refractivity contribution < 1.29 is 4.74 Å². The maximum atomic E-state index is 5.84. The van der Waals surface area contributed by atoms with E-state index in [1.807, 2.05) is 18.3 Å². The molecule has 2 rings (SSSR count). The Labute approximate surface area is 128 Å². The Kier molecular flexibility index (Phi) is 5.61. The number of nitrogens with zero attached hydrogens (tertiary/aromatic N) is 2. The van der Waals surface area contributed by atoms with Gasteiger partial charge in [0.05, 0.1) is 0 Å². The summed E-state index contributed by atoms with van der Waals surface area (Å²) in [6.45, 7) is 7.37. The van der Waals surface area contributed by atoms with Gasteiger partial charge in [-0.05, 0) is 37.2 Å². The van der Waals surface area contributed by atoms with Gasteiger partial charge in [-0.3, -0.25) is 0 Å². The minimum absolute atomic E-state index is 0.489. The van der Waals surface area contributed by atoms with Crippen LogP contribution in [0.1, 0.15) is 25.2 Å². The van der Waals surface area contributed by atoms with E-state index in [1.165, 1.54) is 5.56 Å². The number of hydrogen-bond acceptors (Lipinski definition) is 3. The summed E-state index contributed by atoms with van der Waals surface area (Å²) in [7, 11) is 0. The highest BCUT2D eigenvalue weighted by molar-refractivity contribution is 9.10. The number of benzene rings is 1. The Hall–Kier alpha value is -1.33. The molecule has 1 N–H and O–H groups in total. The van der Waals surface area contributed by atoms with Gasteiger partial charge in [0.2, 0.25) is 0 Å². The first kappa shape index (κ1) is 15.1. The van der Waals surface area contributed by atoms with Gasteiger partial charge in [0.25, 0.3) is 0 Å². The second kappa shape index (κ2) is 7.45. The number of rotatable bonds is 7. The van der Waals surface area contributed by atoms with Crippen LogP contribution in [0.15, 0.2) is 35.1 Å². The van der Waals surface area contributed by atoms with Crippen LogP contribution >= 0.6 is 15.9 Å². The first-order valence-corrected chi connectivity index (χ1v) is 7.65. The van der Waals surface area contributed by atoms with E-state index in [-0.39, 0.29) is 0 Å². The summed E-state index contributed by atoms with van der Waals surface area (Å²) >= 11 is 3.56. The molecular formula is C15H20BrN3O. The van der Waals surface area contributed by atoms with Crippen LogP contribution in [0.2, 0.25) is 0 Å². The average molecular weight is 338 g/mol. The summed E-state index contributed by atoms with van der Waals surface area (Å²) in [6, 6.07) is 6.05. The molecule has 1 aromatic heterocycles. The van der Waals surface area contributed by atoms with Crippen molar-refractivity contribution in [2.24, 2.45) is 0 Å². The molecule has 1 aromatic carbocycles. The number of aryl methyl sites for hydroxylation is 1. The predicted octanol–water partition coefficient (Wildman–Crippen LogP) is 3.35. The zero-order chi connectivity index (χ0) is 14.4. The van der Waals surface area contributed by atoms with Crippen molar-refractivity contribution in [2.45, 2.75) is 33.5 Å². The summed E-state index contributed by atoms with van der Waals surface area (Å²) in [5.74, 6) is 1.82. The zero-order valence-corrected chi connectivity index (χ0v) is 13.5. The van der Waals surface area contributed by atoms with Crippen LogP contribution < -0.4 is 10.1 Å². The Bertz CT molecular complexity index is 554. The number of aromatic nitrogens is 2. The van der Waals surface area contributed by atoms with Gasteiger partial charge in [0, 0.05) is 30.0 Å². The Balaban J connectivity index is 2.02. The van der Waals surface area contributed by atoms with Crippen molar-refractivity contribution in [1.82, 2.24) is 14.9 Å². The van der Waals surface area contributed by atoms with E-state index >= 15 is 0 Å². The summed E-state index contributed by atoms with van der Waals surface area (Å²) in [6.07, 6.45) is 3.78. The number of imidazole rings is 1. The van der Waals surface area contributed by atoms with Gasteiger partial charge >= 0.3 is 0 Å². The van der Waals surface area contributed by atoms with Crippen molar-refractivity contribution in [1.29, 1.82) is 0 Å². The van der Waals surface area contributed by atoms with E-state index in [2.05, 4.69) is 50.7 Å². The molecule has 0 saturated heterocycles. The molecule has 108 valence electrons. The van der Waals surface area contributed by atoms with Crippen LogP contribution in [0.25, 0.3) is 0 Å². The van der Waals surface area contributed by atoms with E-state index in [0.717, 1.165) is 35.7 Å². The van der Waals surface area contributed by atoms with E-state index in [9.17, 15) is 0 Å². The van der Waals surface area contributed by atoms with E-state index in [0.29, 0.717) is 6.61 Å². The molecule has 0 unspecified atom stereocenters. The Morgan fingerprint density at radius 2 is 2.20 bits per heavy atom. The largest absolute Gasteiger partial charge is 0.486 e. The van der Waals surface area contributed by atoms with Crippen LogP contribution in [0.3, 0.4) is 0 Å². The van der Waals surface area contributed by atoms with Gasteiger partial charge < -0.3 is 14.6 Å². The minimum Gasteiger partial charge on any atom is -0.486 e. The maximum absolute atomic E-state index is 5.84. The van der Waals surface area contributed by atoms with Crippen molar-refractivity contribution in [3.63, 3.8) is 0 Å². The molecule has 0 aliphatic carbocycles. The van der Waals surface area contributed by atoms with Gasteiger partial charge in [0.1, 0.15) is 18.2 Å². The fourth-order valence-electron chi connectivity index (χ4n) is 1.95. The lowest BCUT2D eigenvalue weighted by Crippen LogP contribution is -2.12. The molecule has 0 aliphatic rings. The second-order valence-electron chi connectivity index (χ2n) is 4.45. The van der Waals surface area contributed by atoms with Crippen LogP contribution in [-0.2, 0) is 19.7 Å². The zero-order valence-electron chi connectivity index (χ0n) is 11.9. The van der Waals surface area contributed by atoms with Crippen molar-refractivity contribution in [2.75, 3.05) is 6.54 Å². The van der Waals surface area contributed by atoms with Crippen LogP contribution in [0.4, 0.5) is 0 Å². The van der Waals surface area contributed by atoms with Crippen molar-refractivity contribution in [3.8, 4) is 5.75 Å². The van der Waals surface area contributed by atoms with Crippen molar-refractivity contribution >= 4 is 15.9 Å². The molecule has 5 heteroatoms. The van der Waals surface area contributed by atoms with Crippen molar-refractivity contribution in [3.05, 3.63) is 46.5 Å². The molecule has 0 atom stereocenters. The van der Waals surface area contributed by atoms with E-state index in [1.54, 1.807) is 6.20 Å². The first-order chi connectivity index (χ1) is 9.74. The quantitative estimate of drug-likeness (QED) is 0.841. The molecule has 1 heterocycles. The smallest absolute Gasteiger partial charge is 0.146 e. The molecule has 4 nitrogen and oxygen atoms in total. The number of ether oxygens (including phenoxy) is 1. The lowest BCUT2D eigenvalue weighted by Gasteiger charge is -2.11. The van der Waals surface area contributed by atoms with E-state index in [4.69, 9.17) is 4.74 Å². The van der Waals surface area contributed by atoms with E-state index < -0.39 is 0 Å². The fraction of sp³-hybridized carbons (Fsp3) is 0.400.